The van der Waals surface area contributed by atoms with E-state index in [4.69, 9.17) is 5.11 Å². The molecule has 1 unspecified atom stereocenters. The minimum absolute atomic E-state index is 0.0439. The molecule has 0 aromatic carbocycles. The second kappa shape index (κ2) is 4.93. The van der Waals surface area contributed by atoms with Crippen LogP contribution in [0.2, 0.25) is 0 Å². The van der Waals surface area contributed by atoms with Crippen LogP contribution < -0.4 is 11.2 Å². The molecule has 0 aliphatic rings. The summed E-state index contributed by atoms with van der Waals surface area (Å²) in [4.78, 5) is 23.1. The predicted octanol–water partition coefficient (Wildman–Crippen LogP) is -0.199. The Morgan fingerprint density at radius 3 is 2.67 bits per heavy atom. The number of aliphatic hydroxyl groups excluding tert-OH is 1. The molecule has 1 N–H and O–H groups in total. The van der Waals surface area contributed by atoms with Gasteiger partial charge in [-0.25, -0.2) is 4.79 Å². The van der Waals surface area contributed by atoms with Crippen molar-refractivity contribution in [2.45, 2.75) is 39.5 Å². The Morgan fingerprint density at radius 1 is 1.47 bits per heavy atom. The minimum atomic E-state index is -0.701. The van der Waals surface area contributed by atoms with Crippen molar-refractivity contribution in [3.63, 3.8) is 0 Å². The molecule has 84 valence electrons. The Hall–Kier alpha value is -1.36. The lowest BCUT2D eigenvalue weighted by molar-refractivity contribution is 0.169. The molecule has 0 bridgehead atoms. The standard InChI is InChI=1S/C10H16N2O3/c1-3-5-11-6-4-9(14)12(10(11)15)7-8(2)13/h4,6,8,13H,3,5,7H2,1-2H3. The molecule has 0 aliphatic carbocycles. The van der Waals surface area contributed by atoms with Gasteiger partial charge in [0.25, 0.3) is 5.56 Å². The summed E-state index contributed by atoms with van der Waals surface area (Å²) in [5, 5.41) is 9.17. The fraction of sp³-hybridized carbons (Fsp3) is 0.600. The summed E-state index contributed by atoms with van der Waals surface area (Å²) in [5.41, 5.74) is -0.724. The molecule has 0 amide bonds. The summed E-state index contributed by atoms with van der Waals surface area (Å²) < 4.78 is 2.53. The lowest BCUT2D eigenvalue weighted by atomic mass is 10.4. The van der Waals surface area contributed by atoms with Gasteiger partial charge in [-0.05, 0) is 13.3 Å². The molecule has 0 radical (unpaired) electrons. The van der Waals surface area contributed by atoms with Crippen molar-refractivity contribution >= 4 is 0 Å². The van der Waals surface area contributed by atoms with Crippen LogP contribution in [0.3, 0.4) is 0 Å². The summed E-state index contributed by atoms with van der Waals surface area (Å²) in [6.45, 7) is 4.13. The number of aromatic nitrogens is 2. The van der Waals surface area contributed by atoms with Gasteiger partial charge in [-0.1, -0.05) is 6.92 Å². The molecule has 1 rings (SSSR count). The molecule has 1 aromatic heterocycles. The van der Waals surface area contributed by atoms with Gasteiger partial charge in [0.1, 0.15) is 0 Å². The molecule has 1 atom stereocenters. The normalized spacial score (nSPS) is 12.7. The van der Waals surface area contributed by atoms with Crippen LogP contribution in [0.4, 0.5) is 0 Å². The highest BCUT2D eigenvalue weighted by atomic mass is 16.3. The average molecular weight is 212 g/mol. The molecule has 0 fully saturated rings. The third-order valence-electron chi connectivity index (χ3n) is 2.05. The SMILES string of the molecule is CCCn1ccc(=O)n(CC(C)O)c1=O. The number of hydrogen-bond acceptors (Lipinski definition) is 3. The van der Waals surface area contributed by atoms with Gasteiger partial charge >= 0.3 is 5.69 Å². The van der Waals surface area contributed by atoms with E-state index in [1.165, 1.54) is 16.8 Å². The molecule has 5 heteroatoms. The first-order valence-electron chi connectivity index (χ1n) is 5.04. The number of rotatable bonds is 4. The third kappa shape index (κ3) is 2.79. The Bertz CT molecular complexity index is 431. The van der Waals surface area contributed by atoms with E-state index in [2.05, 4.69) is 0 Å². The van der Waals surface area contributed by atoms with E-state index in [9.17, 15) is 9.59 Å². The van der Waals surface area contributed by atoms with Crippen LogP contribution in [0.15, 0.2) is 21.9 Å². The van der Waals surface area contributed by atoms with E-state index in [0.717, 1.165) is 11.0 Å². The fourth-order valence-corrected chi connectivity index (χ4v) is 1.40. The van der Waals surface area contributed by atoms with Crippen molar-refractivity contribution in [1.82, 2.24) is 9.13 Å². The van der Waals surface area contributed by atoms with Gasteiger partial charge in [-0.3, -0.25) is 9.36 Å². The van der Waals surface area contributed by atoms with E-state index in [-0.39, 0.29) is 17.8 Å². The van der Waals surface area contributed by atoms with Crippen molar-refractivity contribution in [1.29, 1.82) is 0 Å². The molecule has 0 spiro atoms. The summed E-state index contributed by atoms with van der Waals surface area (Å²) in [5.74, 6) is 0. The first-order valence-corrected chi connectivity index (χ1v) is 5.04. The Balaban J connectivity index is 3.18. The predicted molar refractivity (Wildman–Crippen MR) is 56.9 cm³/mol. The summed E-state index contributed by atoms with van der Waals surface area (Å²) >= 11 is 0. The molecule has 1 aromatic rings. The molecule has 1 heterocycles. The summed E-state index contributed by atoms with van der Waals surface area (Å²) in [7, 11) is 0. The van der Waals surface area contributed by atoms with E-state index in [1.54, 1.807) is 6.92 Å². The highest BCUT2D eigenvalue weighted by Crippen LogP contribution is 1.86. The van der Waals surface area contributed by atoms with Crippen LogP contribution in [-0.4, -0.2) is 20.3 Å². The van der Waals surface area contributed by atoms with Crippen LogP contribution in [0.5, 0.6) is 0 Å². The second-order valence-electron chi connectivity index (χ2n) is 3.59. The molecule has 0 saturated heterocycles. The van der Waals surface area contributed by atoms with Crippen LogP contribution in [0, 0.1) is 0 Å². The smallest absolute Gasteiger partial charge is 0.331 e. The van der Waals surface area contributed by atoms with Gasteiger partial charge in [0.05, 0.1) is 12.6 Å². The Morgan fingerprint density at radius 2 is 2.13 bits per heavy atom. The third-order valence-corrected chi connectivity index (χ3v) is 2.05. The summed E-state index contributed by atoms with van der Waals surface area (Å²) in [6.07, 6.45) is 1.62. The summed E-state index contributed by atoms with van der Waals surface area (Å²) in [6, 6.07) is 1.35. The van der Waals surface area contributed by atoms with Gasteiger partial charge < -0.3 is 9.67 Å². The van der Waals surface area contributed by atoms with Crippen molar-refractivity contribution in [2.75, 3.05) is 0 Å². The molecular weight excluding hydrogens is 196 g/mol. The Kier molecular flexibility index (Phi) is 3.85. The lowest BCUT2D eigenvalue weighted by Gasteiger charge is -2.10. The zero-order valence-corrected chi connectivity index (χ0v) is 9.01. The van der Waals surface area contributed by atoms with Crippen LogP contribution in [0.25, 0.3) is 0 Å². The molecule has 0 saturated carbocycles. The second-order valence-corrected chi connectivity index (χ2v) is 3.59. The van der Waals surface area contributed by atoms with E-state index in [0.29, 0.717) is 6.54 Å². The van der Waals surface area contributed by atoms with Gasteiger partial charge in [-0.2, -0.15) is 0 Å². The maximum Gasteiger partial charge on any atom is 0.331 e. The quantitative estimate of drug-likeness (QED) is 0.751. The highest BCUT2D eigenvalue weighted by molar-refractivity contribution is 4.86. The first kappa shape index (κ1) is 11.7. The number of hydrogen-bond donors (Lipinski definition) is 1. The maximum absolute atomic E-state index is 11.7. The number of nitrogens with zero attached hydrogens (tertiary/aromatic N) is 2. The highest BCUT2D eigenvalue weighted by Gasteiger charge is 2.06. The van der Waals surface area contributed by atoms with E-state index >= 15 is 0 Å². The lowest BCUT2D eigenvalue weighted by Crippen LogP contribution is -2.41. The van der Waals surface area contributed by atoms with E-state index in [1.807, 2.05) is 6.92 Å². The zero-order chi connectivity index (χ0) is 11.4. The van der Waals surface area contributed by atoms with Crippen molar-refractivity contribution in [2.24, 2.45) is 0 Å². The molecule has 15 heavy (non-hydrogen) atoms. The fourth-order valence-electron chi connectivity index (χ4n) is 1.40. The van der Waals surface area contributed by atoms with Crippen molar-refractivity contribution in [3.8, 4) is 0 Å². The van der Waals surface area contributed by atoms with Crippen LogP contribution in [0.1, 0.15) is 20.3 Å². The van der Waals surface area contributed by atoms with Crippen molar-refractivity contribution in [3.05, 3.63) is 33.1 Å². The monoisotopic (exact) mass is 212 g/mol. The van der Waals surface area contributed by atoms with E-state index < -0.39 is 6.10 Å². The molecule has 5 nitrogen and oxygen atoms in total. The first-order chi connectivity index (χ1) is 7.06. The van der Waals surface area contributed by atoms with Crippen LogP contribution >= 0.6 is 0 Å². The van der Waals surface area contributed by atoms with Crippen LogP contribution in [-0.2, 0) is 13.1 Å². The number of aliphatic hydroxyl groups is 1. The number of aryl methyl sites for hydroxylation is 1. The largest absolute Gasteiger partial charge is 0.392 e. The average Bonchev–Trinajstić information content (AvgIpc) is 2.17. The Labute approximate surface area is 87.6 Å². The van der Waals surface area contributed by atoms with Gasteiger partial charge in [-0.15, -0.1) is 0 Å². The zero-order valence-electron chi connectivity index (χ0n) is 9.01. The maximum atomic E-state index is 11.7. The van der Waals surface area contributed by atoms with Gasteiger partial charge in [0.15, 0.2) is 0 Å². The van der Waals surface area contributed by atoms with Gasteiger partial charge in [0, 0.05) is 18.8 Å². The van der Waals surface area contributed by atoms with Gasteiger partial charge in [0.2, 0.25) is 0 Å². The topological polar surface area (TPSA) is 64.2 Å². The molecule has 0 aliphatic heterocycles. The minimum Gasteiger partial charge on any atom is -0.392 e. The molecular formula is C10H16N2O3. The van der Waals surface area contributed by atoms with Crippen molar-refractivity contribution < 1.29 is 5.11 Å².